The van der Waals surface area contributed by atoms with Crippen LogP contribution in [0.2, 0.25) is 0 Å². The molecule has 154 valence electrons. The number of hydrogen-bond acceptors (Lipinski definition) is 6. The summed E-state index contributed by atoms with van der Waals surface area (Å²) in [6, 6.07) is 7.96. The van der Waals surface area contributed by atoms with Crippen molar-refractivity contribution in [1.29, 1.82) is 0 Å². The zero-order valence-corrected chi connectivity index (χ0v) is 16.8. The van der Waals surface area contributed by atoms with Crippen LogP contribution >= 0.6 is 0 Å². The third-order valence-electron chi connectivity index (χ3n) is 6.34. The first kappa shape index (κ1) is 19.8. The number of carboxylic acid groups (broad SMARTS) is 1. The first-order valence-corrected chi connectivity index (χ1v) is 10.3. The second-order valence-electron chi connectivity index (χ2n) is 8.63. The monoisotopic (exact) mass is 397 g/mol. The Morgan fingerprint density at radius 2 is 2.03 bits per heavy atom. The largest absolute Gasteiger partial charge is 0.481 e. The summed E-state index contributed by atoms with van der Waals surface area (Å²) < 4.78 is 5.41. The van der Waals surface area contributed by atoms with E-state index in [-0.39, 0.29) is 11.3 Å². The van der Waals surface area contributed by atoms with Crippen molar-refractivity contribution in [3.8, 4) is 11.4 Å². The Bertz CT molecular complexity index is 886. The molecule has 7 nitrogen and oxygen atoms in total. The van der Waals surface area contributed by atoms with E-state index in [1.54, 1.807) is 0 Å². The highest BCUT2D eigenvalue weighted by atomic mass is 16.5. The zero-order valence-electron chi connectivity index (χ0n) is 16.8. The highest BCUT2D eigenvalue weighted by Crippen LogP contribution is 2.36. The van der Waals surface area contributed by atoms with E-state index in [2.05, 4.69) is 22.0 Å². The molecule has 2 heterocycles. The summed E-state index contributed by atoms with van der Waals surface area (Å²) in [6.45, 7) is 4.01. The number of aryl methyl sites for hydroxylation is 1. The molecule has 7 heteroatoms. The molecule has 1 N–H and O–H groups in total. The Kier molecular flexibility index (Phi) is 5.50. The summed E-state index contributed by atoms with van der Waals surface area (Å²) in [5, 5.41) is 13.0. The van der Waals surface area contributed by atoms with Gasteiger partial charge in [0, 0.05) is 43.5 Å². The van der Waals surface area contributed by atoms with E-state index in [1.807, 2.05) is 24.3 Å². The van der Waals surface area contributed by atoms with Gasteiger partial charge < -0.3 is 9.63 Å². The molecule has 0 bridgehead atoms. The second kappa shape index (κ2) is 8.06. The van der Waals surface area contributed by atoms with E-state index < -0.39 is 5.97 Å². The topological polar surface area (TPSA) is 96.5 Å². The van der Waals surface area contributed by atoms with Crippen LogP contribution in [0.5, 0.6) is 0 Å². The van der Waals surface area contributed by atoms with Crippen LogP contribution in [0.25, 0.3) is 11.4 Å². The number of likely N-dealkylation sites (tertiary alicyclic amines) is 1. The van der Waals surface area contributed by atoms with Gasteiger partial charge in [-0.15, -0.1) is 0 Å². The van der Waals surface area contributed by atoms with Crippen LogP contribution in [0.15, 0.2) is 28.8 Å². The molecular weight excluding hydrogens is 370 g/mol. The number of rotatable bonds is 7. The fraction of sp³-hybridized carbons (Fsp3) is 0.545. The Morgan fingerprint density at radius 3 is 2.72 bits per heavy atom. The summed E-state index contributed by atoms with van der Waals surface area (Å²) in [7, 11) is 0. The normalized spacial score (nSPS) is 23.1. The van der Waals surface area contributed by atoms with Crippen molar-refractivity contribution >= 4 is 11.8 Å². The summed E-state index contributed by atoms with van der Waals surface area (Å²) in [6.07, 6.45) is 5.11. The highest BCUT2D eigenvalue weighted by molar-refractivity contribution is 5.85. The molecule has 0 amide bonds. The quantitative estimate of drug-likeness (QED) is 0.765. The third kappa shape index (κ3) is 4.40. The minimum absolute atomic E-state index is 0.238. The standard InChI is InChI=1S/C22H27N3O4/c1-22(10-3-2-4-18(22)26)11-9-19-23-20(24-29-19)16-7-5-15(6-8-16)12-25-13-17(14-25)21(27)28/h5-8,17H,2-4,9-14H2,1H3,(H,27,28)/t22-/m0/s1. The number of carboxylic acids is 1. The van der Waals surface area contributed by atoms with Gasteiger partial charge in [-0.05, 0) is 24.8 Å². The Hall–Kier alpha value is -2.54. The number of carbonyl (C=O) groups excluding carboxylic acids is 1. The Balaban J connectivity index is 1.32. The lowest BCUT2D eigenvalue weighted by molar-refractivity contribution is -0.147. The van der Waals surface area contributed by atoms with E-state index >= 15 is 0 Å². The fourth-order valence-electron chi connectivity index (χ4n) is 4.24. The van der Waals surface area contributed by atoms with Crippen LogP contribution in [-0.4, -0.2) is 45.0 Å². The number of carbonyl (C=O) groups is 2. The number of aliphatic carboxylic acids is 1. The molecule has 1 aromatic carbocycles. The van der Waals surface area contributed by atoms with Gasteiger partial charge in [0.15, 0.2) is 0 Å². The molecule has 1 aromatic heterocycles. The second-order valence-corrected chi connectivity index (χ2v) is 8.63. The van der Waals surface area contributed by atoms with Crippen LogP contribution in [-0.2, 0) is 22.6 Å². The average molecular weight is 397 g/mol. The number of aromatic nitrogens is 2. The van der Waals surface area contributed by atoms with Gasteiger partial charge in [-0.2, -0.15) is 4.98 Å². The van der Waals surface area contributed by atoms with Crippen molar-refractivity contribution < 1.29 is 19.2 Å². The number of benzene rings is 1. The highest BCUT2D eigenvalue weighted by Gasteiger charge is 2.35. The number of nitrogens with zero attached hydrogens (tertiary/aromatic N) is 3. The predicted octanol–water partition coefficient (Wildman–Crippen LogP) is 3.34. The van der Waals surface area contributed by atoms with Crippen molar-refractivity contribution in [2.24, 2.45) is 11.3 Å². The van der Waals surface area contributed by atoms with Gasteiger partial charge in [0.25, 0.3) is 0 Å². The van der Waals surface area contributed by atoms with Gasteiger partial charge in [-0.25, -0.2) is 0 Å². The molecule has 4 rings (SSSR count). The minimum atomic E-state index is -0.716. The fourth-order valence-corrected chi connectivity index (χ4v) is 4.24. The summed E-state index contributed by atoms with van der Waals surface area (Å²) in [5.41, 5.74) is 1.76. The van der Waals surface area contributed by atoms with Gasteiger partial charge >= 0.3 is 5.97 Å². The zero-order chi connectivity index (χ0) is 20.4. The molecule has 1 atom stereocenters. The molecule has 2 aromatic rings. The summed E-state index contributed by atoms with van der Waals surface area (Å²) in [4.78, 5) is 29.8. The smallest absolute Gasteiger partial charge is 0.309 e. The number of ketones is 1. The van der Waals surface area contributed by atoms with E-state index in [0.29, 0.717) is 43.4 Å². The lowest BCUT2D eigenvalue weighted by atomic mass is 9.72. The molecule has 1 saturated heterocycles. The first-order chi connectivity index (χ1) is 13.9. The van der Waals surface area contributed by atoms with Crippen LogP contribution in [0.1, 0.15) is 50.5 Å². The first-order valence-electron chi connectivity index (χ1n) is 10.3. The Labute approximate surface area is 170 Å². The maximum atomic E-state index is 12.3. The number of hydrogen-bond donors (Lipinski definition) is 1. The van der Waals surface area contributed by atoms with Crippen LogP contribution in [0.4, 0.5) is 0 Å². The summed E-state index contributed by atoms with van der Waals surface area (Å²) >= 11 is 0. The molecular formula is C22H27N3O4. The maximum absolute atomic E-state index is 12.3. The van der Waals surface area contributed by atoms with Crippen LogP contribution in [0, 0.1) is 11.3 Å². The molecule has 1 aliphatic carbocycles. The van der Waals surface area contributed by atoms with Gasteiger partial charge in [0.05, 0.1) is 5.92 Å². The molecule has 29 heavy (non-hydrogen) atoms. The lowest BCUT2D eigenvalue weighted by Gasteiger charge is -2.36. The SMILES string of the molecule is C[C@@]1(CCc2nc(-c3ccc(CN4CC(C(=O)O)C4)cc3)no2)CCCCC1=O. The molecule has 0 unspecified atom stereocenters. The van der Waals surface area contributed by atoms with Crippen LogP contribution in [0.3, 0.4) is 0 Å². The lowest BCUT2D eigenvalue weighted by Crippen LogP contribution is -2.49. The van der Waals surface area contributed by atoms with Gasteiger partial charge in [0.2, 0.25) is 11.7 Å². The van der Waals surface area contributed by atoms with E-state index in [9.17, 15) is 9.59 Å². The predicted molar refractivity (Wildman–Crippen MR) is 106 cm³/mol. The van der Waals surface area contributed by atoms with Crippen molar-refractivity contribution in [3.05, 3.63) is 35.7 Å². The minimum Gasteiger partial charge on any atom is -0.481 e. The molecule has 1 aliphatic heterocycles. The molecule has 0 spiro atoms. The Morgan fingerprint density at radius 1 is 1.28 bits per heavy atom. The van der Waals surface area contributed by atoms with Gasteiger partial charge in [0.1, 0.15) is 5.78 Å². The summed E-state index contributed by atoms with van der Waals surface area (Å²) in [5.74, 6) is 0.533. The molecule has 0 radical (unpaired) electrons. The number of Topliss-reactive ketones (excluding diaryl/α,β-unsaturated/α-hetero) is 1. The third-order valence-corrected chi connectivity index (χ3v) is 6.34. The van der Waals surface area contributed by atoms with Crippen LogP contribution < -0.4 is 0 Å². The van der Waals surface area contributed by atoms with E-state index in [4.69, 9.17) is 9.63 Å². The van der Waals surface area contributed by atoms with Crippen molar-refractivity contribution in [2.45, 2.75) is 52.0 Å². The van der Waals surface area contributed by atoms with Crippen molar-refractivity contribution in [2.75, 3.05) is 13.1 Å². The van der Waals surface area contributed by atoms with E-state index in [1.165, 1.54) is 0 Å². The maximum Gasteiger partial charge on any atom is 0.309 e. The van der Waals surface area contributed by atoms with Crippen molar-refractivity contribution in [1.82, 2.24) is 15.0 Å². The van der Waals surface area contributed by atoms with Gasteiger partial charge in [-0.3, -0.25) is 14.5 Å². The average Bonchev–Trinajstić information content (AvgIpc) is 3.15. The van der Waals surface area contributed by atoms with E-state index in [0.717, 1.165) is 43.4 Å². The molecule has 1 saturated carbocycles. The van der Waals surface area contributed by atoms with Crippen molar-refractivity contribution in [3.63, 3.8) is 0 Å². The molecule has 2 fully saturated rings. The molecule has 2 aliphatic rings. The van der Waals surface area contributed by atoms with Gasteiger partial charge in [-0.1, -0.05) is 42.8 Å².